The quantitative estimate of drug-likeness (QED) is 0.372. The van der Waals surface area contributed by atoms with Crippen molar-refractivity contribution in [3.63, 3.8) is 0 Å². The standard InChI is InChI=1S/C23H32N8O6S/c1-13(2)37-18(19-24-10-14(3)11-25-19)15(4)38(32,33)30-23-29-28-20(16-8-7-9-36-16)31(23)17-21(34-5)26-12-27-22(17)35-6/h10-13,15-16,18H,7-9H2,1-6H3,(H,29,30)/t15-,16?,18+/m0/s1. The molecule has 1 N–H and O–H groups in total. The van der Waals surface area contributed by atoms with Gasteiger partial charge in [0.05, 0.1) is 20.3 Å². The molecule has 1 aliphatic heterocycles. The van der Waals surface area contributed by atoms with Gasteiger partial charge in [-0.25, -0.2) is 18.4 Å². The van der Waals surface area contributed by atoms with E-state index in [2.05, 4.69) is 34.9 Å². The van der Waals surface area contributed by atoms with Gasteiger partial charge in [0.1, 0.15) is 23.8 Å². The van der Waals surface area contributed by atoms with Crippen LogP contribution in [-0.4, -0.2) is 75.3 Å². The summed E-state index contributed by atoms with van der Waals surface area (Å²) in [5.74, 6) is 0.776. The number of hydrogen-bond acceptors (Lipinski definition) is 12. The lowest BCUT2D eigenvalue weighted by Crippen LogP contribution is -2.35. The number of nitrogens with zero attached hydrogens (tertiary/aromatic N) is 7. The van der Waals surface area contributed by atoms with E-state index in [0.717, 1.165) is 12.0 Å². The summed E-state index contributed by atoms with van der Waals surface area (Å²) in [5, 5.41) is 7.32. The molecule has 1 unspecified atom stereocenters. The monoisotopic (exact) mass is 548 g/mol. The first-order valence-electron chi connectivity index (χ1n) is 12.1. The SMILES string of the molecule is COc1ncnc(OC)c1-n1c(NS(=O)(=O)[C@@H](C)[C@@H](OC(C)C)c2ncc(C)cn2)nnc1C1CCCO1. The molecule has 4 rings (SSSR count). The first-order chi connectivity index (χ1) is 18.2. The van der Waals surface area contributed by atoms with Crippen LogP contribution in [0.2, 0.25) is 0 Å². The zero-order chi connectivity index (χ0) is 27.4. The van der Waals surface area contributed by atoms with Gasteiger partial charge in [-0.1, -0.05) is 0 Å². The third-order valence-electron chi connectivity index (χ3n) is 5.89. The molecular weight excluding hydrogens is 516 g/mol. The zero-order valence-electron chi connectivity index (χ0n) is 22.2. The first-order valence-corrected chi connectivity index (χ1v) is 13.7. The van der Waals surface area contributed by atoms with E-state index in [1.807, 2.05) is 20.8 Å². The summed E-state index contributed by atoms with van der Waals surface area (Å²) in [7, 11) is -1.27. The van der Waals surface area contributed by atoms with Gasteiger partial charge < -0.3 is 18.9 Å². The largest absolute Gasteiger partial charge is 0.479 e. The maximum absolute atomic E-state index is 13.7. The van der Waals surface area contributed by atoms with Crippen LogP contribution < -0.4 is 14.2 Å². The Morgan fingerprint density at radius 3 is 2.26 bits per heavy atom. The van der Waals surface area contributed by atoms with Crippen molar-refractivity contribution in [2.75, 3.05) is 25.5 Å². The van der Waals surface area contributed by atoms with Gasteiger partial charge in [-0.2, -0.15) is 9.97 Å². The molecule has 4 heterocycles. The Hall–Kier alpha value is -3.43. The summed E-state index contributed by atoms with van der Waals surface area (Å²) in [6.45, 7) is 7.53. The van der Waals surface area contributed by atoms with Crippen LogP contribution in [0.25, 0.3) is 5.69 Å². The van der Waals surface area contributed by atoms with E-state index in [0.29, 0.717) is 18.9 Å². The molecule has 14 nitrogen and oxygen atoms in total. The average Bonchev–Trinajstić information content (AvgIpc) is 3.56. The van der Waals surface area contributed by atoms with E-state index in [4.69, 9.17) is 18.9 Å². The molecule has 0 saturated carbocycles. The van der Waals surface area contributed by atoms with Crippen LogP contribution in [0.5, 0.6) is 11.8 Å². The lowest BCUT2D eigenvalue weighted by Gasteiger charge is -2.25. The second kappa shape index (κ2) is 11.5. The topological polar surface area (TPSA) is 165 Å². The molecule has 38 heavy (non-hydrogen) atoms. The highest BCUT2D eigenvalue weighted by molar-refractivity contribution is 7.93. The predicted octanol–water partition coefficient (Wildman–Crippen LogP) is 2.32. The minimum Gasteiger partial charge on any atom is -0.479 e. The summed E-state index contributed by atoms with van der Waals surface area (Å²) in [4.78, 5) is 17.0. The van der Waals surface area contributed by atoms with Gasteiger partial charge in [-0.3, -0.25) is 9.29 Å². The Kier molecular flexibility index (Phi) is 8.38. The lowest BCUT2D eigenvalue weighted by atomic mass is 10.2. The first kappa shape index (κ1) is 27.6. The van der Waals surface area contributed by atoms with Crippen molar-refractivity contribution in [2.45, 2.75) is 64.1 Å². The van der Waals surface area contributed by atoms with Gasteiger partial charge in [-0.15, -0.1) is 10.2 Å². The Morgan fingerprint density at radius 2 is 1.71 bits per heavy atom. The Labute approximate surface area is 221 Å². The van der Waals surface area contributed by atoms with Crippen molar-refractivity contribution in [1.82, 2.24) is 34.7 Å². The number of aromatic nitrogens is 7. The maximum atomic E-state index is 13.7. The summed E-state index contributed by atoms with van der Waals surface area (Å²) in [6.07, 6.45) is 4.34. The van der Waals surface area contributed by atoms with Crippen LogP contribution in [0.15, 0.2) is 18.7 Å². The van der Waals surface area contributed by atoms with Crippen molar-refractivity contribution in [3.8, 4) is 17.4 Å². The van der Waals surface area contributed by atoms with E-state index >= 15 is 0 Å². The molecule has 1 saturated heterocycles. The maximum Gasteiger partial charge on any atom is 0.245 e. The van der Waals surface area contributed by atoms with E-state index in [1.54, 1.807) is 12.4 Å². The van der Waals surface area contributed by atoms with Gasteiger partial charge in [0.15, 0.2) is 17.3 Å². The summed E-state index contributed by atoms with van der Waals surface area (Å²) in [5.41, 5.74) is 1.07. The number of rotatable bonds is 11. The molecule has 0 spiro atoms. The van der Waals surface area contributed by atoms with Gasteiger partial charge in [0.2, 0.25) is 27.7 Å². The normalized spacial score (nSPS) is 17.4. The summed E-state index contributed by atoms with van der Waals surface area (Å²) < 4.78 is 54.2. The number of ether oxygens (including phenoxy) is 4. The van der Waals surface area contributed by atoms with Crippen molar-refractivity contribution in [2.24, 2.45) is 0 Å². The predicted molar refractivity (Wildman–Crippen MR) is 136 cm³/mol. The molecule has 3 aromatic heterocycles. The molecule has 0 aromatic carbocycles. The highest BCUT2D eigenvalue weighted by atomic mass is 32.2. The van der Waals surface area contributed by atoms with E-state index < -0.39 is 27.5 Å². The van der Waals surface area contributed by atoms with Crippen molar-refractivity contribution in [1.29, 1.82) is 0 Å². The fourth-order valence-electron chi connectivity index (χ4n) is 4.02. The minimum absolute atomic E-state index is 0.109. The number of sulfonamides is 1. The van der Waals surface area contributed by atoms with Crippen molar-refractivity contribution < 1.29 is 27.4 Å². The Balaban J connectivity index is 1.78. The zero-order valence-corrected chi connectivity index (χ0v) is 23.0. The number of methoxy groups -OCH3 is 2. The number of aryl methyl sites for hydroxylation is 1. The smallest absolute Gasteiger partial charge is 0.245 e. The molecule has 0 radical (unpaired) electrons. The van der Waals surface area contributed by atoms with E-state index in [-0.39, 0.29) is 35.3 Å². The van der Waals surface area contributed by atoms with Crippen LogP contribution in [0.4, 0.5) is 5.95 Å². The molecule has 3 aromatic rings. The van der Waals surface area contributed by atoms with Crippen LogP contribution in [-0.2, 0) is 19.5 Å². The fourth-order valence-corrected chi connectivity index (χ4v) is 5.10. The summed E-state index contributed by atoms with van der Waals surface area (Å²) in [6, 6.07) is 0. The molecule has 15 heteroatoms. The van der Waals surface area contributed by atoms with Crippen LogP contribution >= 0.6 is 0 Å². The molecule has 206 valence electrons. The second-order valence-corrected chi connectivity index (χ2v) is 11.1. The van der Waals surface area contributed by atoms with Gasteiger partial charge >= 0.3 is 0 Å². The van der Waals surface area contributed by atoms with Crippen molar-refractivity contribution >= 4 is 16.0 Å². The Morgan fingerprint density at radius 1 is 1.05 bits per heavy atom. The number of anilines is 1. The Bertz CT molecular complexity index is 1320. The molecular formula is C23H32N8O6S. The van der Waals surface area contributed by atoms with Crippen molar-refractivity contribution in [3.05, 3.63) is 35.9 Å². The molecule has 0 aliphatic carbocycles. The van der Waals surface area contributed by atoms with Crippen LogP contribution in [0, 0.1) is 6.92 Å². The lowest BCUT2D eigenvalue weighted by molar-refractivity contribution is 0.00152. The second-order valence-electron chi connectivity index (χ2n) is 9.04. The highest BCUT2D eigenvalue weighted by Crippen LogP contribution is 2.37. The van der Waals surface area contributed by atoms with Crippen LogP contribution in [0.3, 0.4) is 0 Å². The van der Waals surface area contributed by atoms with Gasteiger partial charge in [0, 0.05) is 19.0 Å². The molecule has 3 atom stereocenters. The highest BCUT2D eigenvalue weighted by Gasteiger charge is 2.37. The van der Waals surface area contributed by atoms with Crippen LogP contribution in [0.1, 0.15) is 63.0 Å². The molecule has 1 fully saturated rings. The number of hydrogen-bond donors (Lipinski definition) is 1. The summed E-state index contributed by atoms with van der Waals surface area (Å²) >= 11 is 0. The van der Waals surface area contributed by atoms with E-state index in [9.17, 15) is 8.42 Å². The minimum atomic E-state index is -4.14. The molecule has 0 amide bonds. The van der Waals surface area contributed by atoms with Gasteiger partial charge in [0.25, 0.3) is 0 Å². The fraction of sp³-hybridized carbons (Fsp3) is 0.565. The third kappa shape index (κ3) is 5.68. The molecule has 1 aliphatic rings. The third-order valence-corrected chi connectivity index (χ3v) is 7.59. The number of nitrogens with one attached hydrogen (secondary N) is 1. The van der Waals surface area contributed by atoms with Gasteiger partial charge in [-0.05, 0) is 46.1 Å². The molecule has 0 bridgehead atoms. The average molecular weight is 549 g/mol. The van der Waals surface area contributed by atoms with E-state index in [1.165, 1.54) is 32.0 Å².